The molecule has 1 atom stereocenters. The predicted molar refractivity (Wildman–Crippen MR) is 101 cm³/mol. The van der Waals surface area contributed by atoms with E-state index in [0.717, 1.165) is 30.9 Å². The quantitative estimate of drug-likeness (QED) is 0.686. The van der Waals surface area contributed by atoms with Gasteiger partial charge in [0.05, 0.1) is 5.69 Å². The molecule has 0 bridgehead atoms. The van der Waals surface area contributed by atoms with Gasteiger partial charge in [0.25, 0.3) is 0 Å². The largest absolute Gasteiger partial charge is 0.309 e. The van der Waals surface area contributed by atoms with Crippen molar-refractivity contribution >= 4 is 11.7 Å². The Morgan fingerprint density at radius 1 is 1.21 bits per heavy atom. The lowest BCUT2D eigenvalue weighted by Crippen LogP contribution is -2.42. The second kappa shape index (κ2) is 7.15. The fraction of sp³-hybridized carbons (Fsp3) is 0.524. The second-order valence-corrected chi connectivity index (χ2v) is 8.32. The molecule has 4 nitrogen and oxygen atoms in total. The summed E-state index contributed by atoms with van der Waals surface area (Å²) in [5.74, 6) is -4.88. The highest BCUT2D eigenvalue weighted by Crippen LogP contribution is 2.47. The molecule has 0 radical (unpaired) electrons. The Hall–Kier alpha value is -2.38. The first-order valence-corrected chi connectivity index (χ1v) is 9.86. The van der Waals surface area contributed by atoms with Gasteiger partial charge in [-0.15, -0.1) is 0 Å². The summed E-state index contributed by atoms with van der Waals surface area (Å²) in [4.78, 5) is 12.7. The van der Waals surface area contributed by atoms with Gasteiger partial charge < -0.3 is 5.32 Å². The lowest BCUT2D eigenvalue weighted by molar-refractivity contribution is -0.140. The standard InChI is InChI=1S/C21H23F4N3O/c1-11(14-9-21(24,25)10-14)20(29)26-19-17(12-4-3-5-12)18(28(2)27-19)13-6-15(22)8-16(23)7-13/h6-8,11-12,14H,3-5,9-10H2,1-2H3,(H,26,27,29)/t11-/m1/s1. The van der Waals surface area contributed by atoms with Crippen LogP contribution >= 0.6 is 0 Å². The molecule has 2 aromatic rings. The number of aromatic nitrogens is 2. The summed E-state index contributed by atoms with van der Waals surface area (Å²) in [6.07, 6.45) is 2.24. The normalized spacial score (nSPS) is 20.1. The Morgan fingerprint density at radius 2 is 1.83 bits per heavy atom. The number of hydrogen-bond donors (Lipinski definition) is 1. The summed E-state index contributed by atoms with van der Waals surface area (Å²) < 4.78 is 55.4. The number of anilines is 1. The van der Waals surface area contributed by atoms with Gasteiger partial charge in [-0.3, -0.25) is 9.48 Å². The molecule has 0 unspecified atom stereocenters. The van der Waals surface area contributed by atoms with Crippen molar-refractivity contribution in [2.24, 2.45) is 18.9 Å². The van der Waals surface area contributed by atoms with Crippen molar-refractivity contribution in [3.05, 3.63) is 35.4 Å². The van der Waals surface area contributed by atoms with E-state index in [2.05, 4.69) is 10.4 Å². The maximum Gasteiger partial charge on any atom is 0.248 e. The van der Waals surface area contributed by atoms with Gasteiger partial charge in [0, 0.05) is 43.0 Å². The van der Waals surface area contributed by atoms with E-state index in [1.165, 1.54) is 16.8 Å². The first-order valence-electron chi connectivity index (χ1n) is 9.86. The second-order valence-electron chi connectivity index (χ2n) is 8.32. The fourth-order valence-electron chi connectivity index (χ4n) is 4.25. The number of aryl methyl sites for hydroxylation is 1. The third-order valence-corrected chi connectivity index (χ3v) is 6.22. The Kier molecular flexibility index (Phi) is 4.91. The average molecular weight is 409 g/mol. The highest BCUT2D eigenvalue weighted by atomic mass is 19.3. The fourth-order valence-corrected chi connectivity index (χ4v) is 4.25. The molecule has 0 aliphatic heterocycles. The lowest BCUT2D eigenvalue weighted by atomic mass is 9.73. The van der Waals surface area contributed by atoms with Crippen LogP contribution in [0.2, 0.25) is 0 Å². The van der Waals surface area contributed by atoms with Crippen molar-refractivity contribution in [3.63, 3.8) is 0 Å². The summed E-state index contributed by atoms with van der Waals surface area (Å²) in [6, 6.07) is 3.29. The molecular weight excluding hydrogens is 386 g/mol. The number of halogens is 4. The van der Waals surface area contributed by atoms with Crippen molar-refractivity contribution in [1.82, 2.24) is 9.78 Å². The van der Waals surface area contributed by atoms with Crippen molar-refractivity contribution in [3.8, 4) is 11.3 Å². The third kappa shape index (κ3) is 3.76. The van der Waals surface area contributed by atoms with Crippen LogP contribution in [0.4, 0.5) is 23.4 Å². The first kappa shape index (κ1) is 19.9. The van der Waals surface area contributed by atoms with Crippen LogP contribution in [0.25, 0.3) is 11.3 Å². The molecule has 2 saturated carbocycles. The molecule has 1 N–H and O–H groups in total. The van der Waals surface area contributed by atoms with E-state index >= 15 is 0 Å². The molecule has 0 spiro atoms. The molecule has 8 heteroatoms. The summed E-state index contributed by atoms with van der Waals surface area (Å²) >= 11 is 0. The number of amides is 1. The summed E-state index contributed by atoms with van der Waals surface area (Å²) in [6.45, 7) is 1.64. The van der Waals surface area contributed by atoms with Gasteiger partial charge in [0.15, 0.2) is 5.82 Å². The molecule has 0 saturated heterocycles. The maximum absolute atomic E-state index is 13.8. The SMILES string of the molecule is C[C@@H](C(=O)Nc1nn(C)c(-c2cc(F)cc(F)c2)c1C1CCC1)C1CC(F)(F)C1. The van der Waals surface area contributed by atoms with Crippen molar-refractivity contribution in [2.45, 2.75) is 50.9 Å². The number of carbonyl (C=O) groups excluding carboxylic acids is 1. The molecule has 2 aliphatic rings. The molecule has 2 aliphatic carbocycles. The summed E-state index contributed by atoms with van der Waals surface area (Å²) in [7, 11) is 1.66. The Bertz CT molecular complexity index is 923. The highest BCUT2D eigenvalue weighted by molar-refractivity contribution is 5.93. The van der Waals surface area contributed by atoms with Crippen LogP contribution in [0.3, 0.4) is 0 Å². The predicted octanol–water partition coefficient (Wildman–Crippen LogP) is 5.25. The molecule has 1 heterocycles. The van der Waals surface area contributed by atoms with E-state index in [1.54, 1.807) is 14.0 Å². The van der Waals surface area contributed by atoms with Crippen LogP contribution < -0.4 is 5.32 Å². The summed E-state index contributed by atoms with van der Waals surface area (Å²) in [5, 5.41) is 7.19. The van der Waals surface area contributed by atoms with E-state index in [1.807, 2.05) is 0 Å². The van der Waals surface area contributed by atoms with E-state index < -0.39 is 23.5 Å². The van der Waals surface area contributed by atoms with Crippen molar-refractivity contribution in [2.75, 3.05) is 5.32 Å². The zero-order valence-electron chi connectivity index (χ0n) is 16.3. The molecule has 4 rings (SSSR count). The topological polar surface area (TPSA) is 46.9 Å². The van der Waals surface area contributed by atoms with Crippen molar-refractivity contribution in [1.29, 1.82) is 0 Å². The van der Waals surface area contributed by atoms with Crippen LogP contribution in [0.1, 0.15) is 50.5 Å². The highest BCUT2D eigenvalue weighted by Gasteiger charge is 2.49. The number of nitrogens with one attached hydrogen (secondary N) is 1. The number of benzene rings is 1. The average Bonchev–Trinajstić information content (AvgIpc) is 2.85. The number of alkyl halides is 2. The van der Waals surface area contributed by atoms with Crippen LogP contribution in [-0.4, -0.2) is 21.6 Å². The van der Waals surface area contributed by atoms with Crippen LogP contribution in [0.5, 0.6) is 0 Å². The minimum atomic E-state index is -2.68. The van der Waals surface area contributed by atoms with Crippen molar-refractivity contribution < 1.29 is 22.4 Å². The van der Waals surface area contributed by atoms with Gasteiger partial charge in [0.2, 0.25) is 11.8 Å². The van der Waals surface area contributed by atoms with Crippen LogP contribution in [0, 0.1) is 23.5 Å². The molecule has 1 amide bonds. The van der Waals surface area contributed by atoms with Gasteiger partial charge in [-0.05, 0) is 36.8 Å². The van der Waals surface area contributed by atoms with E-state index in [-0.39, 0.29) is 30.6 Å². The first-order chi connectivity index (χ1) is 13.6. The maximum atomic E-state index is 13.8. The van der Waals surface area contributed by atoms with Gasteiger partial charge in [-0.25, -0.2) is 17.6 Å². The van der Waals surface area contributed by atoms with E-state index in [0.29, 0.717) is 17.1 Å². The van der Waals surface area contributed by atoms with Crippen LogP contribution in [0.15, 0.2) is 18.2 Å². The van der Waals surface area contributed by atoms with Crippen LogP contribution in [-0.2, 0) is 11.8 Å². The minimum Gasteiger partial charge on any atom is -0.309 e. The molecule has 1 aromatic heterocycles. The minimum absolute atomic E-state index is 0.128. The van der Waals surface area contributed by atoms with E-state index in [4.69, 9.17) is 0 Å². The molecular formula is C21H23F4N3O. The zero-order chi connectivity index (χ0) is 20.9. The van der Waals surface area contributed by atoms with Gasteiger partial charge in [-0.1, -0.05) is 13.3 Å². The monoisotopic (exact) mass is 409 g/mol. The Morgan fingerprint density at radius 3 is 2.34 bits per heavy atom. The molecule has 2 fully saturated rings. The van der Waals surface area contributed by atoms with Gasteiger partial charge in [0.1, 0.15) is 11.6 Å². The number of rotatable bonds is 5. The van der Waals surface area contributed by atoms with E-state index in [9.17, 15) is 22.4 Å². The lowest BCUT2D eigenvalue weighted by Gasteiger charge is -2.38. The Labute approximate surface area is 166 Å². The van der Waals surface area contributed by atoms with Gasteiger partial charge >= 0.3 is 0 Å². The molecule has 1 aromatic carbocycles. The smallest absolute Gasteiger partial charge is 0.248 e. The molecule has 156 valence electrons. The number of nitrogens with zero attached hydrogens (tertiary/aromatic N) is 2. The molecule has 29 heavy (non-hydrogen) atoms. The third-order valence-electron chi connectivity index (χ3n) is 6.22. The zero-order valence-corrected chi connectivity index (χ0v) is 16.3. The number of hydrogen-bond acceptors (Lipinski definition) is 2. The Balaban J connectivity index is 1.65. The van der Waals surface area contributed by atoms with Gasteiger partial charge in [-0.2, -0.15) is 5.10 Å². The summed E-state index contributed by atoms with van der Waals surface area (Å²) in [5.41, 5.74) is 1.67. The number of carbonyl (C=O) groups is 1.